The minimum Gasteiger partial charge on any atom is -0.323 e. The highest BCUT2D eigenvalue weighted by Crippen LogP contribution is 2.45. The van der Waals surface area contributed by atoms with E-state index >= 15 is 0 Å². The third kappa shape index (κ3) is 2.41. The normalized spacial score (nSPS) is 22.6. The molecule has 2 unspecified atom stereocenters. The number of thioether (sulfide) groups is 1. The lowest BCUT2D eigenvalue weighted by Crippen LogP contribution is -2.20. The molecule has 1 fully saturated rings. The number of benzene rings is 2. The van der Waals surface area contributed by atoms with Gasteiger partial charge in [-0.05, 0) is 41.5 Å². The number of hydrogen-bond donors (Lipinski definition) is 1. The van der Waals surface area contributed by atoms with Gasteiger partial charge in [-0.15, -0.1) is 11.8 Å². The Morgan fingerprint density at radius 2 is 1.90 bits per heavy atom. The Labute approximate surface area is 130 Å². The smallest absolute Gasteiger partial charge is 0.0373 e. The molecule has 1 saturated carbocycles. The minimum absolute atomic E-state index is 0.112. The maximum Gasteiger partial charge on any atom is 0.0373 e. The summed E-state index contributed by atoms with van der Waals surface area (Å²) in [6.45, 7) is 0. The molecule has 2 aliphatic rings. The molecule has 1 nitrogen and oxygen atoms in total. The third-order valence-electron chi connectivity index (χ3n) is 5.04. The fourth-order valence-electron chi connectivity index (χ4n) is 3.48. The second-order valence-electron chi connectivity index (χ2n) is 6.28. The lowest BCUT2D eigenvalue weighted by Gasteiger charge is -2.27. The zero-order valence-corrected chi connectivity index (χ0v) is 13.0. The van der Waals surface area contributed by atoms with E-state index in [2.05, 4.69) is 48.5 Å². The van der Waals surface area contributed by atoms with Gasteiger partial charge in [0.2, 0.25) is 0 Å². The molecule has 0 bridgehead atoms. The molecule has 21 heavy (non-hydrogen) atoms. The molecule has 2 atom stereocenters. The van der Waals surface area contributed by atoms with E-state index in [1.165, 1.54) is 40.8 Å². The van der Waals surface area contributed by atoms with Crippen molar-refractivity contribution in [3.8, 4) is 0 Å². The van der Waals surface area contributed by atoms with Gasteiger partial charge in [0.05, 0.1) is 0 Å². The monoisotopic (exact) mass is 295 g/mol. The Bertz CT molecular complexity index is 648. The minimum atomic E-state index is 0.112. The lowest BCUT2D eigenvalue weighted by molar-refractivity contribution is 0.419. The molecule has 1 aliphatic carbocycles. The standard InChI is InChI=1S/C19H21NS/c20-19(17-12-21-18-10-2-1-9-16(17)18)15-8-4-7-14(11-15)13-5-3-6-13/h1-2,4,7-11,13,17,19H,3,5-6,12,20H2. The van der Waals surface area contributed by atoms with Crippen LogP contribution in [0.25, 0.3) is 0 Å². The van der Waals surface area contributed by atoms with E-state index < -0.39 is 0 Å². The van der Waals surface area contributed by atoms with Crippen LogP contribution in [0.2, 0.25) is 0 Å². The zero-order chi connectivity index (χ0) is 14.2. The van der Waals surface area contributed by atoms with Crippen LogP contribution < -0.4 is 5.73 Å². The van der Waals surface area contributed by atoms with Gasteiger partial charge < -0.3 is 5.73 Å². The van der Waals surface area contributed by atoms with Crippen molar-refractivity contribution in [3.63, 3.8) is 0 Å². The molecule has 0 saturated heterocycles. The van der Waals surface area contributed by atoms with E-state index in [-0.39, 0.29) is 6.04 Å². The van der Waals surface area contributed by atoms with Crippen molar-refractivity contribution in [1.82, 2.24) is 0 Å². The van der Waals surface area contributed by atoms with Gasteiger partial charge >= 0.3 is 0 Å². The van der Waals surface area contributed by atoms with Gasteiger partial charge in [-0.25, -0.2) is 0 Å². The SMILES string of the molecule is NC(c1cccc(C2CCC2)c1)C1CSc2ccccc21. The summed E-state index contributed by atoms with van der Waals surface area (Å²) in [5.74, 6) is 2.33. The molecule has 1 aliphatic heterocycles. The van der Waals surface area contributed by atoms with Crippen LogP contribution in [0.15, 0.2) is 53.4 Å². The number of fused-ring (bicyclic) bond motifs is 1. The van der Waals surface area contributed by atoms with Crippen LogP contribution in [0.5, 0.6) is 0 Å². The van der Waals surface area contributed by atoms with Crippen LogP contribution in [0.3, 0.4) is 0 Å². The van der Waals surface area contributed by atoms with Gasteiger partial charge in [0, 0.05) is 22.6 Å². The zero-order valence-electron chi connectivity index (χ0n) is 12.2. The van der Waals surface area contributed by atoms with Crippen molar-refractivity contribution >= 4 is 11.8 Å². The van der Waals surface area contributed by atoms with Crippen molar-refractivity contribution in [2.45, 2.75) is 42.0 Å². The van der Waals surface area contributed by atoms with Crippen molar-refractivity contribution in [2.24, 2.45) is 5.73 Å². The van der Waals surface area contributed by atoms with E-state index in [1.807, 2.05) is 11.8 Å². The summed E-state index contributed by atoms with van der Waals surface area (Å²) in [4.78, 5) is 1.41. The molecule has 0 radical (unpaired) electrons. The number of nitrogens with two attached hydrogens (primary N) is 1. The van der Waals surface area contributed by atoms with Crippen LogP contribution in [0, 0.1) is 0 Å². The molecular weight excluding hydrogens is 274 g/mol. The van der Waals surface area contributed by atoms with Gasteiger partial charge in [-0.3, -0.25) is 0 Å². The molecule has 2 aromatic carbocycles. The first kappa shape index (κ1) is 13.4. The predicted molar refractivity (Wildman–Crippen MR) is 89.9 cm³/mol. The van der Waals surface area contributed by atoms with Crippen LogP contribution in [-0.2, 0) is 0 Å². The molecule has 2 heteroatoms. The van der Waals surface area contributed by atoms with Crippen LogP contribution >= 0.6 is 11.8 Å². The number of rotatable bonds is 3. The Kier molecular flexibility index (Phi) is 3.52. The van der Waals surface area contributed by atoms with Gasteiger partial charge in [0.15, 0.2) is 0 Å². The highest BCUT2D eigenvalue weighted by Gasteiger charge is 2.29. The largest absolute Gasteiger partial charge is 0.323 e. The van der Waals surface area contributed by atoms with Crippen LogP contribution in [0.1, 0.15) is 53.8 Å². The first-order valence-electron chi connectivity index (χ1n) is 7.90. The highest BCUT2D eigenvalue weighted by molar-refractivity contribution is 7.99. The topological polar surface area (TPSA) is 26.0 Å². The van der Waals surface area contributed by atoms with E-state index in [1.54, 1.807) is 0 Å². The molecule has 1 heterocycles. The fraction of sp³-hybridized carbons (Fsp3) is 0.368. The second-order valence-corrected chi connectivity index (χ2v) is 7.34. The maximum absolute atomic E-state index is 6.63. The molecule has 0 spiro atoms. The van der Waals surface area contributed by atoms with Gasteiger partial charge in [-0.1, -0.05) is 48.9 Å². The number of hydrogen-bond acceptors (Lipinski definition) is 2. The Hall–Kier alpha value is -1.25. The summed E-state index contributed by atoms with van der Waals surface area (Å²) < 4.78 is 0. The molecule has 108 valence electrons. The summed E-state index contributed by atoms with van der Waals surface area (Å²) in [6, 6.07) is 17.9. The first-order chi connectivity index (χ1) is 10.3. The highest BCUT2D eigenvalue weighted by atomic mass is 32.2. The lowest BCUT2D eigenvalue weighted by atomic mass is 9.78. The van der Waals surface area contributed by atoms with Crippen molar-refractivity contribution < 1.29 is 0 Å². The maximum atomic E-state index is 6.63. The Morgan fingerprint density at radius 1 is 1.05 bits per heavy atom. The van der Waals surface area contributed by atoms with Crippen LogP contribution in [-0.4, -0.2) is 5.75 Å². The molecule has 2 N–H and O–H groups in total. The summed E-state index contributed by atoms with van der Waals surface area (Å²) >= 11 is 1.95. The molecular formula is C19H21NS. The Morgan fingerprint density at radius 3 is 2.71 bits per heavy atom. The molecule has 4 rings (SSSR count). The fourth-order valence-corrected chi connectivity index (χ4v) is 4.79. The van der Waals surface area contributed by atoms with Gasteiger partial charge in [0.25, 0.3) is 0 Å². The van der Waals surface area contributed by atoms with Gasteiger partial charge in [-0.2, -0.15) is 0 Å². The van der Waals surface area contributed by atoms with E-state index in [9.17, 15) is 0 Å². The summed E-state index contributed by atoms with van der Waals surface area (Å²) in [5, 5.41) is 0. The molecule has 0 aromatic heterocycles. The quantitative estimate of drug-likeness (QED) is 0.876. The predicted octanol–water partition coefficient (Wildman–Crippen LogP) is 4.84. The van der Waals surface area contributed by atoms with Crippen molar-refractivity contribution in [3.05, 3.63) is 65.2 Å². The first-order valence-corrected chi connectivity index (χ1v) is 8.88. The summed E-state index contributed by atoms with van der Waals surface area (Å²) in [6.07, 6.45) is 4.08. The van der Waals surface area contributed by atoms with E-state index in [0.29, 0.717) is 5.92 Å². The van der Waals surface area contributed by atoms with E-state index in [0.717, 1.165) is 11.7 Å². The van der Waals surface area contributed by atoms with Crippen molar-refractivity contribution in [1.29, 1.82) is 0 Å². The van der Waals surface area contributed by atoms with E-state index in [4.69, 9.17) is 5.73 Å². The van der Waals surface area contributed by atoms with Crippen molar-refractivity contribution in [2.75, 3.05) is 5.75 Å². The Balaban J connectivity index is 1.62. The average molecular weight is 295 g/mol. The summed E-state index contributed by atoms with van der Waals surface area (Å²) in [7, 11) is 0. The summed E-state index contributed by atoms with van der Waals surface area (Å²) in [5.41, 5.74) is 10.9. The molecule has 0 amide bonds. The molecule has 2 aromatic rings. The third-order valence-corrected chi connectivity index (χ3v) is 6.25. The van der Waals surface area contributed by atoms with Crippen LogP contribution in [0.4, 0.5) is 0 Å². The second kappa shape index (κ2) is 5.51. The average Bonchev–Trinajstić information content (AvgIpc) is 2.89. The van der Waals surface area contributed by atoms with Gasteiger partial charge in [0.1, 0.15) is 0 Å².